The minimum atomic E-state index is 0.130. The van der Waals surface area contributed by atoms with E-state index in [0.717, 1.165) is 31.6 Å². The highest BCUT2D eigenvalue weighted by Crippen LogP contribution is 2.17. The van der Waals surface area contributed by atoms with Crippen molar-refractivity contribution >= 4 is 11.6 Å². The summed E-state index contributed by atoms with van der Waals surface area (Å²) in [6.07, 6.45) is 3.54. The van der Waals surface area contributed by atoms with Gasteiger partial charge in [0, 0.05) is 43.9 Å². The lowest BCUT2D eigenvalue weighted by atomic mass is 10.1. The maximum absolute atomic E-state index is 12.2. The topological polar surface area (TPSA) is 54.5 Å². The highest BCUT2D eigenvalue weighted by molar-refractivity contribution is 5.80. The number of rotatable bonds is 5. The zero-order valence-corrected chi connectivity index (χ0v) is 13.0. The van der Waals surface area contributed by atoms with Crippen LogP contribution in [-0.4, -0.2) is 41.5 Å². The number of ether oxygens (including phenoxy) is 1. The van der Waals surface area contributed by atoms with E-state index in [1.165, 1.54) is 0 Å². The van der Waals surface area contributed by atoms with Gasteiger partial charge in [-0.2, -0.15) is 0 Å². The third kappa shape index (κ3) is 4.45. The summed E-state index contributed by atoms with van der Waals surface area (Å²) < 4.78 is 5.85. The maximum atomic E-state index is 12.2. The summed E-state index contributed by atoms with van der Waals surface area (Å²) >= 11 is 0. The molecule has 2 aromatic rings. The number of amides is 1. The molecular formula is C18H21N3O2. The minimum Gasteiger partial charge on any atom is -0.474 e. The molecule has 1 aromatic heterocycles. The number of carbonyl (C=O) groups excluding carboxylic acids is 1. The zero-order valence-electron chi connectivity index (χ0n) is 13.0. The number of hydrogen-bond donors (Lipinski definition) is 1. The van der Waals surface area contributed by atoms with E-state index in [1.54, 1.807) is 6.20 Å². The van der Waals surface area contributed by atoms with Crippen LogP contribution in [0.25, 0.3) is 0 Å². The number of anilines is 1. The van der Waals surface area contributed by atoms with E-state index in [9.17, 15) is 4.79 Å². The average molecular weight is 311 g/mol. The van der Waals surface area contributed by atoms with Crippen LogP contribution in [0, 0.1) is 0 Å². The van der Waals surface area contributed by atoms with Gasteiger partial charge in [-0.25, -0.2) is 4.98 Å². The molecule has 0 unspecified atom stereocenters. The smallest absolute Gasteiger partial charge is 0.241 e. The van der Waals surface area contributed by atoms with Gasteiger partial charge in [0.1, 0.15) is 6.10 Å². The second-order valence-corrected chi connectivity index (χ2v) is 5.59. The summed E-state index contributed by atoms with van der Waals surface area (Å²) in [7, 11) is 0. The predicted molar refractivity (Wildman–Crippen MR) is 89.4 cm³/mol. The first kappa shape index (κ1) is 15.3. The first-order valence-corrected chi connectivity index (χ1v) is 7.95. The number of nitrogens with one attached hydrogen (secondary N) is 1. The maximum Gasteiger partial charge on any atom is 0.241 e. The molecule has 1 fully saturated rings. The Kier molecular flexibility index (Phi) is 5.09. The molecule has 0 bridgehead atoms. The number of likely N-dealkylation sites (tertiary alicyclic amines) is 1. The van der Waals surface area contributed by atoms with E-state index < -0.39 is 0 Å². The highest BCUT2D eigenvalue weighted by Gasteiger charge is 2.23. The molecule has 5 nitrogen and oxygen atoms in total. The Labute approximate surface area is 136 Å². The first-order valence-electron chi connectivity index (χ1n) is 7.95. The average Bonchev–Trinajstić information content (AvgIpc) is 2.62. The Morgan fingerprint density at radius 2 is 1.87 bits per heavy atom. The lowest BCUT2D eigenvalue weighted by Gasteiger charge is -2.32. The van der Waals surface area contributed by atoms with Crippen molar-refractivity contribution in [1.29, 1.82) is 0 Å². The Morgan fingerprint density at radius 3 is 2.57 bits per heavy atom. The van der Waals surface area contributed by atoms with E-state index in [-0.39, 0.29) is 12.0 Å². The van der Waals surface area contributed by atoms with E-state index in [2.05, 4.69) is 10.3 Å². The number of benzene rings is 1. The van der Waals surface area contributed by atoms with E-state index in [1.807, 2.05) is 53.4 Å². The SMILES string of the molecule is O=C(CNc1ccccc1)N1CCC(Oc2ccccn2)CC1. The minimum absolute atomic E-state index is 0.130. The molecular weight excluding hydrogens is 290 g/mol. The number of aromatic nitrogens is 1. The van der Waals surface area contributed by atoms with Crippen LogP contribution in [-0.2, 0) is 4.79 Å². The van der Waals surface area contributed by atoms with Crippen molar-refractivity contribution in [3.8, 4) is 5.88 Å². The third-order valence-corrected chi connectivity index (χ3v) is 3.94. The first-order chi connectivity index (χ1) is 11.3. The fourth-order valence-electron chi connectivity index (χ4n) is 2.66. The molecule has 3 rings (SSSR count). The molecule has 0 saturated carbocycles. The van der Waals surface area contributed by atoms with Gasteiger partial charge in [-0.05, 0) is 18.2 Å². The van der Waals surface area contributed by atoms with Crippen LogP contribution in [0.5, 0.6) is 5.88 Å². The summed E-state index contributed by atoms with van der Waals surface area (Å²) in [5.41, 5.74) is 0.967. The van der Waals surface area contributed by atoms with Crippen LogP contribution in [0.1, 0.15) is 12.8 Å². The molecule has 1 aromatic carbocycles. The van der Waals surface area contributed by atoms with Crippen molar-refractivity contribution in [3.63, 3.8) is 0 Å². The fraction of sp³-hybridized carbons (Fsp3) is 0.333. The Bertz CT molecular complexity index is 611. The van der Waals surface area contributed by atoms with Gasteiger partial charge < -0.3 is 15.0 Å². The quantitative estimate of drug-likeness (QED) is 0.922. The largest absolute Gasteiger partial charge is 0.474 e. The highest BCUT2D eigenvalue weighted by atomic mass is 16.5. The number of hydrogen-bond acceptors (Lipinski definition) is 4. The standard InChI is InChI=1S/C18H21N3O2/c22-18(14-20-15-6-2-1-3-7-15)21-12-9-16(10-13-21)23-17-8-4-5-11-19-17/h1-8,11,16,20H,9-10,12-14H2. The molecule has 1 aliphatic rings. The van der Waals surface area contributed by atoms with Crippen LogP contribution in [0.2, 0.25) is 0 Å². The Morgan fingerprint density at radius 1 is 1.13 bits per heavy atom. The fourth-order valence-corrected chi connectivity index (χ4v) is 2.66. The van der Waals surface area contributed by atoms with Gasteiger partial charge in [0.15, 0.2) is 0 Å². The number of nitrogens with zero attached hydrogens (tertiary/aromatic N) is 2. The number of pyridine rings is 1. The molecule has 1 saturated heterocycles. The second-order valence-electron chi connectivity index (χ2n) is 5.59. The van der Waals surface area contributed by atoms with Gasteiger partial charge in [-0.15, -0.1) is 0 Å². The number of piperidine rings is 1. The molecule has 2 heterocycles. The summed E-state index contributed by atoms with van der Waals surface area (Å²) in [6.45, 7) is 1.79. The van der Waals surface area contributed by atoms with Crippen molar-refractivity contribution < 1.29 is 9.53 Å². The molecule has 120 valence electrons. The summed E-state index contributed by atoms with van der Waals surface area (Å²) in [6, 6.07) is 15.4. The molecule has 23 heavy (non-hydrogen) atoms. The third-order valence-electron chi connectivity index (χ3n) is 3.94. The molecule has 0 atom stereocenters. The summed E-state index contributed by atoms with van der Waals surface area (Å²) in [4.78, 5) is 18.3. The summed E-state index contributed by atoms with van der Waals surface area (Å²) in [5.74, 6) is 0.785. The monoisotopic (exact) mass is 311 g/mol. The van der Waals surface area contributed by atoms with Crippen molar-refractivity contribution in [2.24, 2.45) is 0 Å². The molecule has 5 heteroatoms. The lowest BCUT2D eigenvalue weighted by molar-refractivity contribution is -0.131. The number of carbonyl (C=O) groups is 1. The van der Waals surface area contributed by atoms with Gasteiger partial charge in [0.05, 0.1) is 6.54 Å². The van der Waals surface area contributed by atoms with E-state index in [4.69, 9.17) is 4.74 Å². The molecule has 0 aliphatic carbocycles. The van der Waals surface area contributed by atoms with E-state index >= 15 is 0 Å². The molecule has 1 aliphatic heterocycles. The van der Waals surface area contributed by atoms with Crippen LogP contribution in [0.4, 0.5) is 5.69 Å². The van der Waals surface area contributed by atoms with Crippen molar-refractivity contribution in [2.75, 3.05) is 25.0 Å². The Balaban J connectivity index is 1.42. The van der Waals surface area contributed by atoms with Crippen LogP contribution in [0.3, 0.4) is 0 Å². The van der Waals surface area contributed by atoms with Gasteiger partial charge in [-0.3, -0.25) is 4.79 Å². The Hall–Kier alpha value is -2.56. The van der Waals surface area contributed by atoms with Crippen LogP contribution < -0.4 is 10.1 Å². The van der Waals surface area contributed by atoms with Crippen LogP contribution in [0.15, 0.2) is 54.7 Å². The molecule has 1 amide bonds. The van der Waals surface area contributed by atoms with Crippen molar-refractivity contribution in [1.82, 2.24) is 9.88 Å². The molecule has 0 spiro atoms. The van der Waals surface area contributed by atoms with Gasteiger partial charge in [0.2, 0.25) is 11.8 Å². The van der Waals surface area contributed by atoms with Gasteiger partial charge in [0.25, 0.3) is 0 Å². The predicted octanol–water partition coefficient (Wildman–Crippen LogP) is 2.56. The zero-order chi connectivity index (χ0) is 15.9. The second kappa shape index (κ2) is 7.63. The van der Waals surface area contributed by atoms with Gasteiger partial charge >= 0.3 is 0 Å². The van der Waals surface area contributed by atoms with Crippen LogP contribution >= 0.6 is 0 Å². The molecule has 1 N–H and O–H groups in total. The summed E-state index contributed by atoms with van der Waals surface area (Å²) in [5, 5.41) is 3.16. The normalized spacial score (nSPS) is 15.2. The van der Waals surface area contributed by atoms with E-state index in [0.29, 0.717) is 12.4 Å². The van der Waals surface area contributed by atoms with Crippen molar-refractivity contribution in [2.45, 2.75) is 18.9 Å². The molecule has 0 radical (unpaired) electrons. The van der Waals surface area contributed by atoms with Gasteiger partial charge in [-0.1, -0.05) is 24.3 Å². The number of para-hydroxylation sites is 1. The lowest BCUT2D eigenvalue weighted by Crippen LogP contribution is -2.44. The van der Waals surface area contributed by atoms with Crippen molar-refractivity contribution in [3.05, 3.63) is 54.7 Å².